The van der Waals surface area contributed by atoms with E-state index < -0.39 is 6.10 Å². The van der Waals surface area contributed by atoms with Crippen LogP contribution in [0.15, 0.2) is 48.5 Å². The second kappa shape index (κ2) is 10.2. The maximum atomic E-state index is 12.6. The number of hydrogen-bond acceptors (Lipinski definition) is 5. The summed E-state index contributed by atoms with van der Waals surface area (Å²) in [5, 5.41) is 16.7. The quantitative estimate of drug-likeness (QED) is 0.643. The normalized spacial score (nSPS) is 18.6. The van der Waals surface area contributed by atoms with Crippen LogP contribution in [0.4, 0.5) is 0 Å². The van der Waals surface area contributed by atoms with Gasteiger partial charge in [-0.3, -0.25) is 14.6 Å². The van der Waals surface area contributed by atoms with Crippen LogP contribution in [0, 0.1) is 0 Å². The molecule has 160 valence electrons. The van der Waals surface area contributed by atoms with Gasteiger partial charge in [-0.25, -0.2) is 0 Å². The lowest BCUT2D eigenvalue weighted by Gasteiger charge is -2.30. The molecule has 1 unspecified atom stereocenters. The van der Waals surface area contributed by atoms with Crippen molar-refractivity contribution in [3.05, 3.63) is 70.8 Å². The lowest BCUT2D eigenvalue weighted by molar-refractivity contribution is 0.0841. The number of fused-ring (bicyclic) bond motifs is 1. The summed E-state index contributed by atoms with van der Waals surface area (Å²) in [7, 11) is 0. The van der Waals surface area contributed by atoms with Crippen molar-refractivity contribution < 1.29 is 9.90 Å². The number of nitrogens with one attached hydrogen (secondary N) is 2. The summed E-state index contributed by atoms with van der Waals surface area (Å²) in [6.45, 7) is 7.58. The van der Waals surface area contributed by atoms with E-state index in [2.05, 4.69) is 50.8 Å². The fourth-order valence-corrected chi connectivity index (χ4v) is 4.32. The molecule has 1 saturated heterocycles. The lowest BCUT2D eigenvalue weighted by atomic mass is 10.00. The molecule has 2 aromatic carbocycles. The van der Waals surface area contributed by atoms with E-state index in [1.54, 1.807) is 0 Å². The standard InChI is InChI=1S/C24H32N4O2/c29-23(18-28-11-8-20-5-1-2-6-22(20)17-28)15-26-24(30)21-7-3-4-19(14-21)16-27-12-9-25-10-13-27/h1-7,14,23,25,29H,8-13,15-18H2,(H,26,30). The average molecular weight is 409 g/mol. The minimum atomic E-state index is -0.580. The maximum Gasteiger partial charge on any atom is 0.251 e. The van der Waals surface area contributed by atoms with Gasteiger partial charge in [0.15, 0.2) is 0 Å². The van der Waals surface area contributed by atoms with Crippen LogP contribution in [0.25, 0.3) is 0 Å². The van der Waals surface area contributed by atoms with E-state index in [4.69, 9.17) is 0 Å². The Kier molecular flexibility index (Phi) is 7.12. The van der Waals surface area contributed by atoms with Gasteiger partial charge in [-0.2, -0.15) is 0 Å². The number of amides is 1. The molecule has 6 nitrogen and oxygen atoms in total. The Hall–Kier alpha value is -2.25. The Labute approximate surface area is 178 Å². The highest BCUT2D eigenvalue weighted by Gasteiger charge is 2.19. The third-order valence-electron chi connectivity index (χ3n) is 5.98. The van der Waals surface area contributed by atoms with E-state index >= 15 is 0 Å². The van der Waals surface area contributed by atoms with Gasteiger partial charge in [0, 0.05) is 64.5 Å². The summed E-state index contributed by atoms with van der Waals surface area (Å²) in [6.07, 6.45) is 0.429. The third-order valence-corrected chi connectivity index (χ3v) is 5.98. The molecular formula is C24H32N4O2. The van der Waals surface area contributed by atoms with Gasteiger partial charge in [0.25, 0.3) is 5.91 Å². The molecule has 4 rings (SSSR count). The number of nitrogens with zero attached hydrogens (tertiary/aromatic N) is 2. The maximum absolute atomic E-state index is 12.6. The predicted octanol–water partition coefficient (Wildman–Crippen LogP) is 1.24. The summed E-state index contributed by atoms with van der Waals surface area (Å²) < 4.78 is 0. The lowest BCUT2D eigenvalue weighted by Crippen LogP contribution is -2.43. The molecule has 6 heteroatoms. The molecular weight excluding hydrogens is 376 g/mol. The number of carbonyl (C=O) groups excluding carboxylic acids is 1. The van der Waals surface area contributed by atoms with Crippen molar-refractivity contribution in [1.29, 1.82) is 0 Å². The van der Waals surface area contributed by atoms with Crippen LogP contribution in [0.3, 0.4) is 0 Å². The monoisotopic (exact) mass is 408 g/mol. The molecule has 1 amide bonds. The molecule has 2 heterocycles. The summed E-state index contributed by atoms with van der Waals surface area (Å²) >= 11 is 0. The molecule has 1 atom stereocenters. The van der Waals surface area contributed by atoms with Crippen LogP contribution in [-0.4, -0.2) is 72.7 Å². The zero-order chi connectivity index (χ0) is 20.8. The molecule has 1 fully saturated rings. The van der Waals surface area contributed by atoms with Gasteiger partial charge in [-0.1, -0.05) is 36.4 Å². The highest BCUT2D eigenvalue weighted by atomic mass is 16.3. The van der Waals surface area contributed by atoms with Gasteiger partial charge in [0.05, 0.1) is 6.10 Å². The second-order valence-electron chi connectivity index (χ2n) is 8.34. The van der Waals surface area contributed by atoms with Crippen molar-refractivity contribution in [3.63, 3.8) is 0 Å². The number of rotatable bonds is 7. The van der Waals surface area contributed by atoms with Gasteiger partial charge in [0.1, 0.15) is 0 Å². The zero-order valence-electron chi connectivity index (χ0n) is 17.5. The second-order valence-corrected chi connectivity index (χ2v) is 8.34. The van der Waals surface area contributed by atoms with E-state index in [9.17, 15) is 9.90 Å². The number of aliphatic hydroxyl groups excluding tert-OH is 1. The van der Waals surface area contributed by atoms with Crippen LogP contribution < -0.4 is 10.6 Å². The first-order chi connectivity index (χ1) is 14.7. The molecule has 2 aliphatic heterocycles. The van der Waals surface area contributed by atoms with Gasteiger partial charge in [-0.15, -0.1) is 0 Å². The fourth-order valence-electron chi connectivity index (χ4n) is 4.32. The van der Waals surface area contributed by atoms with Crippen molar-refractivity contribution in [2.45, 2.75) is 25.6 Å². The largest absolute Gasteiger partial charge is 0.390 e. The fraction of sp³-hybridized carbons (Fsp3) is 0.458. The molecule has 0 aromatic heterocycles. The molecule has 0 bridgehead atoms. The van der Waals surface area contributed by atoms with Gasteiger partial charge >= 0.3 is 0 Å². The molecule has 2 aliphatic rings. The smallest absolute Gasteiger partial charge is 0.251 e. The Morgan fingerprint density at radius 3 is 2.67 bits per heavy atom. The van der Waals surface area contributed by atoms with Gasteiger partial charge in [-0.05, 0) is 35.2 Å². The molecule has 30 heavy (non-hydrogen) atoms. The van der Waals surface area contributed by atoms with E-state index in [-0.39, 0.29) is 12.5 Å². The van der Waals surface area contributed by atoms with Crippen LogP contribution >= 0.6 is 0 Å². The highest BCUT2D eigenvalue weighted by molar-refractivity contribution is 5.94. The summed E-state index contributed by atoms with van der Waals surface area (Å²) in [6, 6.07) is 16.3. The molecule has 0 aliphatic carbocycles. The third kappa shape index (κ3) is 5.67. The van der Waals surface area contributed by atoms with Crippen molar-refractivity contribution in [2.75, 3.05) is 45.8 Å². The first kappa shape index (κ1) is 21.0. The minimum absolute atomic E-state index is 0.125. The van der Waals surface area contributed by atoms with Crippen molar-refractivity contribution in [3.8, 4) is 0 Å². The first-order valence-corrected chi connectivity index (χ1v) is 10.9. The van der Waals surface area contributed by atoms with Crippen LogP contribution in [-0.2, 0) is 19.5 Å². The highest BCUT2D eigenvalue weighted by Crippen LogP contribution is 2.18. The Balaban J connectivity index is 1.24. The zero-order valence-corrected chi connectivity index (χ0v) is 17.5. The summed E-state index contributed by atoms with van der Waals surface area (Å²) in [4.78, 5) is 17.2. The molecule has 3 N–H and O–H groups in total. The molecule has 0 saturated carbocycles. The predicted molar refractivity (Wildman–Crippen MR) is 118 cm³/mol. The van der Waals surface area contributed by atoms with E-state index in [1.165, 1.54) is 11.1 Å². The summed E-state index contributed by atoms with van der Waals surface area (Å²) in [5.41, 5.74) is 4.54. The number of carbonyl (C=O) groups is 1. The van der Waals surface area contributed by atoms with E-state index in [1.807, 2.05) is 18.2 Å². The van der Waals surface area contributed by atoms with Gasteiger partial charge < -0.3 is 15.7 Å². The van der Waals surface area contributed by atoms with Crippen LogP contribution in [0.2, 0.25) is 0 Å². The summed E-state index contributed by atoms with van der Waals surface area (Å²) in [5.74, 6) is -0.125. The van der Waals surface area contributed by atoms with Gasteiger partial charge in [0.2, 0.25) is 0 Å². The Morgan fingerprint density at radius 2 is 1.83 bits per heavy atom. The number of β-amino-alcohol motifs (C(OH)–C–C–N with tert-alkyl or cyclic N) is 1. The Morgan fingerprint density at radius 1 is 1.03 bits per heavy atom. The SMILES string of the molecule is O=C(NCC(O)CN1CCc2ccccc2C1)c1cccc(CN2CCNCC2)c1. The van der Waals surface area contributed by atoms with Crippen LogP contribution in [0.5, 0.6) is 0 Å². The van der Waals surface area contributed by atoms with Crippen molar-refractivity contribution in [1.82, 2.24) is 20.4 Å². The topological polar surface area (TPSA) is 67.8 Å². The number of benzene rings is 2. The number of aliphatic hydroxyl groups is 1. The number of hydrogen-bond donors (Lipinski definition) is 3. The first-order valence-electron chi connectivity index (χ1n) is 10.9. The molecule has 0 spiro atoms. The minimum Gasteiger partial charge on any atom is -0.390 e. The number of piperazine rings is 1. The molecule has 2 aromatic rings. The van der Waals surface area contributed by atoms with Crippen LogP contribution in [0.1, 0.15) is 27.0 Å². The average Bonchev–Trinajstić information content (AvgIpc) is 2.78. The van der Waals surface area contributed by atoms with Crippen molar-refractivity contribution in [2.24, 2.45) is 0 Å². The molecule has 0 radical (unpaired) electrons. The van der Waals surface area contributed by atoms with E-state index in [0.717, 1.165) is 57.8 Å². The Bertz CT molecular complexity index is 851. The van der Waals surface area contributed by atoms with E-state index in [0.29, 0.717) is 12.1 Å². The van der Waals surface area contributed by atoms with Crippen molar-refractivity contribution >= 4 is 5.91 Å².